The zero-order valence-electron chi connectivity index (χ0n) is 19.7. The van der Waals surface area contributed by atoms with E-state index >= 15 is 0 Å². The van der Waals surface area contributed by atoms with E-state index < -0.39 is 36.2 Å². The van der Waals surface area contributed by atoms with Gasteiger partial charge in [-0.3, -0.25) is 4.79 Å². The Bertz CT molecular complexity index is 1040. The van der Waals surface area contributed by atoms with Gasteiger partial charge in [-0.15, -0.1) is 0 Å². The second-order valence-corrected chi connectivity index (χ2v) is 8.81. The van der Waals surface area contributed by atoms with Gasteiger partial charge in [0.2, 0.25) is 5.91 Å². The van der Waals surface area contributed by atoms with Gasteiger partial charge in [-0.2, -0.15) is 0 Å². The topological polar surface area (TPSA) is 123 Å². The summed E-state index contributed by atoms with van der Waals surface area (Å²) in [5.41, 5.74) is 4.43. The number of hydrogen-bond acceptors (Lipinski definition) is 6. The maximum Gasteiger partial charge on any atom is 0.407 e. The van der Waals surface area contributed by atoms with Crippen molar-refractivity contribution in [1.29, 1.82) is 0 Å². The minimum Gasteiger partial charge on any atom is -0.479 e. The number of hydrogen-bond donors (Lipinski definition) is 3. The van der Waals surface area contributed by atoms with Crippen LogP contribution in [0.3, 0.4) is 0 Å². The summed E-state index contributed by atoms with van der Waals surface area (Å²) in [5.74, 6) is -1.98. The van der Waals surface area contributed by atoms with Gasteiger partial charge in [-0.05, 0) is 35.6 Å². The van der Waals surface area contributed by atoms with Crippen molar-refractivity contribution in [3.05, 3.63) is 59.7 Å². The van der Waals surface area contributed by atoms with E-state index in [-0.39, 0.29) is 25.0 Å². The Labute approximate surface area is 203 Å². The molecular weight excluding hydrogens is 452 g/mol. The normalized spacial score (nSPS) is 20.4. The van der Waals surface area contributed by atoms with Crippen LogP contribution in [0.15, 0.2) is 48.5 Å². The number of carboxylic acid groups (broad SMARTS) is 1. The molecule has 0 radical (unpaired) electrons. The third-order valence-corrected chi connectivity index (χ3v) is 6.74. The number of benzene rings is 2. The molecule has 2 aromatic rings. The first-order valence-electron chi connectivity index (χ1n) is 11.7. The average Bonchev–Trinajstić information content (AvgIpc) is 3.47. The molecule has 2 aromatic carbocycles. The third kappa shape index (κ3) is 5.31. The highest BCUT2D eigenvalue weighted by atomic mass is 16.5. The molecule has 0 aromatic heterocycles. The van der Waals surface area contributed by atoms with Gasteiger partial charge in [0.1, 0.15) is 12.6 Å². The highest BCUT2D eigenvalue weighted by Crippen LogP contribution is 2.44. The molecule has 1 heterocycles. The van der Waals surface area contributed by atoms with Crippen molar-refractivity contribution in [2.45, 2.75) is 37.5 Å². The first-order chi connectivity index (χ1) is 16.9. The molecule has 0 saturated carbocycles. The third-order valence-electron chi connectivity index (χ3n) is 6.74. The molecule has 3 N–H and O–H groups in total. The van der Waals surface area contributed by atoms with Gasteiger partial charge in [-0.25, -0.2) is 9.59 Å². The van der Waals surface area contributed by atoms with Crippen LogP contribution >= 0.6 is 0 Å². The number of rotatable bonds is 9. The van der Waals surface area contributed by atoms with Gasteiger partial charge in [0.05, 0.1) is 6.10 Å². The second kappa shape index (κ2) is 10.9. The molecule has 35 heavy (non-hydrogen) atoms. The van der Waals surface area contributed by atoms with Crippen LogP contribution in [-0.2, 0) is 23.8 Å². The number of aliphatic carboxylic acids is 1. The van der Waals surface area contributed by atoms with Gasteiger partial charge in [0.25, 0.3) is 0 Å². The number of fused-ring (bicyclic) bond motifs is 3. The van der Waals surface area contributed by atoms with E-state index in [9.17, 15) is 19.5 Å². The fourth-order valence-corrected chi connectivity index (χ4v) is 4.76. The highest BCUT2D eigenvalue weighted by molar-refractivity contribution is 5.86. The van der Waals surface area contributed by atoms with E-state index in [1.807, 2.05) is 36.4 Å². The van der Waals surface area contributed by atoms with Crippen molar-refractivity contribution in [3.8, 4) is 11.1 Å². The quantitative estimate of drug-likeness (QED) is 0.502. The lowest BCUT2D eigenvalue weighted by Gasteiger charge is -2.24. The van der Waals surface area contributed by atoms with Crippen molar-refractivity contribution in [3.63, 3.8) is 0 Å². The molecule has 4 rings (SSSR count). The summed E-state index contributed by atoms with van der Waals surface area (Å²) in [6.07, 6.45) is -1.79. The molecule has 186 valence electrons. The minimum absolute atomic E-state index is 0.101. The average molecular weight is 483 g/mol. The van der Waals surface area contributed by atoms with Crippen molar-refractivity contribution < 1.29 is 33.7 Å². The number of carbonyl (C=O) groups excluding carboxylic acids is 2. The van der Waals surface area contributed by atoms with E-state index in [2.05, 4.69) is 22.8 Å². The number of alkyl carbamates (subject to hydrolysis) is 1. The van der Waals surface area contributed by atoms with Crippen LogP contribution in [-0.4, -0.2) is 68.2 Å². The van der Waals surface area contributed by atoms with Crippen molar-refractivity contribution in [2.24, 2.45) is 5.92 Å². The van der Waals surface area contributed by atoms with Crippen molar-refractivity contribution in [2.75, 3.05) is 26.9 Å². The van der Waals surface area contributed by atoms with Crippen LogP contribution in [0.4, 0.5) is 4.79 Å². The standard InChI is InChI=1S/C26H30N2O7/c1-15(33-2)22(24(29)27-13-16-11-12-34-23(16)25(30)31)28-26(32)35-14-21-19-9-5-3-7-17(19)18-8-4-6-10-20(18)21/h3-10,15-16,21-23H,11-14H2,1-2H3,(H,27,29)(H,28,32)(H,30,31)/t15-,16+,22+,23+/m1/s1. The molecule has 2 amide bonds. The highest BCUT2D eigenvalue weighted by Gasteiger charge is 2.36. The number of methoxy groups -OCH3 is 1. The maximum atomic E-state index is 12.9. The van der Waals surface area contributed by atoms with Gasteiger partial charge >= 0.3 is 12.1 Å². The summed E-state index contributed by atoms with van der Waals surface area (Å²) in [4.78, 5) is 36.8. The summed E-state index contributed by atoms with van der Waals surface area (Å²) in [7, 11) is 1.44. The zero-order valence-corrected chi connectivity index (χ0v) is 19.7. The summed E-state index contributed by atoms with van der Waals surface area (Å²) in [6.45, 7) is 2.23. The largest absolute Gasteiger partial charge is 0.479 e. The molecule has 2 aliphatic rings. The Morgan fingerprint density at radius 1 is 1.09 bits per heavy atom. The van der Waals surface area contributed by atoms with Gasteiger partial charge in [0.15, 0.2) is 6.10 Å². The Morgan fingerprint density at radius 3 is 2.31 bits per heavy atom. The maximum absolute atomic E-state index is 12.9. The number of ether oxygens (including phenoxy) is 3. The number of amides is 2. The Kier molecular flexibility index (Phi) is 7.67. The van der Waals surface area contributed by atoms with E-state index in [0.717, 1.165) is 22.3 Å². The Morgan fingerprint density at radius 2 is 1.71 bits per heavy atom. The monoisotopic (exact) mass is 482 g/mol. The number of carbonyl (C=O) groups is 3. The van der Waals surface area contributed by atoms with Crippen LogP contribution in [0.1, 0.15) is 30.4 Å². The Hall–Kier alpha value is -3.43. The van der Waals surface area contributed by atoms with Crippen LogP contribution in [0.25, 0.3) is 11.1 Å². The molecule has 0 unspecified atom stereocenters. The smallest absolute Gasteiger partial charge is 0.407 e. The lowest BCUT2D eigenvalue weighted by molar-refractivity contribution is -0.149. The SMILES string of the molecule is CO[C@H](C)[C@H](NC(=O)OCC1c2ccccc2-c2ccccc21)C(=O)NC[C@@H]1CCO[C@@H]1C(=O)O. The molecule has 4 atom stereocenters. The lowest BCUT2D eigenvalue weighted by atomic mass is 9.98. The first kappa shape index (κ1) is 24.7. The molecule has 1 aliphatic carbocycles. The minimum atomic E-state index is -1.06. The van der Waals surface area contributed by atoms with Crippen molar-refractivity contribution >= 4 is 18.0 Å². The predicted molar refractivity (Wildman–Crippen MR) is 127 cm³/mol. The van der Waals surface area contributed by atoms with Gasteiger partial charge in [0, 0.05) is 32.1 Å². The van der Waals surface area contributed by atoms with E-state index in [1.165, 1.54) is 7.11 Å². The molecule has 0 bridgehead atoms. The first-order valence-corrected chi connectivity index (χ1v) is 11.7. The van der Waals surface area contributed by atoms with E-state index in [4.69, 9.17) is 14.2 Å². The number of nitrogens with one attached hydrogen (secondary N) is 2. The summed E-state index contributed by atoms with van der Waals surface area (Å²) in [5, 5.41) is 14.6. The predicted octanol–water partition coefficient (Wildman–Crippen LogP) is 2.53. The molecule has 1 aliphatic heterocycles. The fraction of sp³-hybridized carbons (Fsp3) is 0.423. The number of carboxylic acids is 1. The molecule has 1 saturated heterocycles. The van der Waals surface area contributed by atoms with Crippen LogP contribution in [0, 0.1) is 5.92 Å². The van der Waals surface area contributed by atoms with Crippen LogP contribution in [0.5, 0.6) is 0 Å². The fourth-order valence-electron chi connectivity index (χ4n) is 4.76. The molecular formula is C26H30N2O7. The van der Waals surface area contributed by atoms with Crippen molar-refractivity contribution in [1.82, 2.24) is 10.6 Å². The van der Waals surface area contributed by atoms with Crippen LogP contribution < -0.4 is 10.6 Å². The Balaban J connectivity index is 1.37. The van der Waals surface area contributed by atoms with E-state index in [1.54, 1.807) is 6.92 Å². The second-order valence-electron chi connectivity index (χ2n) is 8.81. The lowest BCUT2D eigenvalue weighted by Crippen LogP contribution is -2.54. The molecule has 0 spiro atoms. The van der Waals surface area contributed by atoms with Gasteiger partial charge < -0.3 is 30.0 Å². The zero-order chi connectivity index (χ0) is 24.9. The molecule has 9 nitrogen and oxygen atoms in total. The summed E-state index contributed by atoms with van der Waals surface area (Å²) in [6, 6.07) is 15.0. The summed E-state index contributed by atoms with van der Waals surface area (Å²) < 4.78 is 16.1. The van der Waals surface area contributed by atoms with Gasteiger partial charge in [-0.1, -0.05) is 48.5 Å². The van der Waals surface area contributed by atoms with E-state index in [0.29, 0.717) is 13.0 Å². The molecule has 9 heteroatoms. The summed E-state index contributed by atoms with van der Waals surface area (Å²) >= 11 is 0. The van der Waals surface area contributed by atoms with Crippen LogP contribution in [0.2, 0.25) is 0 Å². The molecule has 1 fully saturated rings.